The summed E-state index contributed by atoms with van der Waals surface area (Å²) < 4.78 is 20.0. The van der Waals surface area contributed by atoms with Gasteiger partial charge < -0.3 is 24.3 Å². The van der Waals surface area contributed by atoms with Crippen LogP contribution in [-0.4, -0.2) is 89.3 Å². The van der Waals surface area contributed by atoms with Crippen LogP contribution in [0.3, 0.4) is 0 Å². The number of carbonyl (C=O) groups excluding carboxylic acids is 6. The smallest absolute Gasteiger partial charge is 0.408 e. The SMILES string of the molecule is COC(=O)[C@H](CS[C@@H]1C(=O)NC(=O)C1SC[C@H](NC(=O)OC(C)(C)C)C(=O)OC)CC(=O)OC(C)(C)C. The molecule has 0 saturated carbocycles. The first-order valence-electron chi connectivity index (χ1n) is 11.4. The average Bonchev–Trinajstić information content (AvgIpc) is 3.02. The molecule has 2 N–H and O–H groups in total. The molecule has 1 rings (SSSR count). The Morgan fingerprint density at radius 1 is 0.838 bits per heavy atom. The van der Waals surface area contributed by atoms with Gasteiger partial charge in [-0.1, -0.05) is 0 Å². The second kappa shape index (κ2) is 13.9. The van der Waals surface area contributed by atoms with E-state index in [9.17, 15) is 28.8 Å². The fourth-order valence-corrected chi connectivity index (χ4v) is 5.81. The van der Waals surface area contributed by atoms with Crippen LogP contribution < -0.4 is 10.6 Å². The topological polar surface area (TPSA) is 163 Å². The molecule has 0 aromatic heterocycles. The number of ether oxygens (including phenoxy) is 4. The molecule has 37 heavy (non-hydrogen) atoms. The Morgan fingerprint density at radius 2 is 1.32 bits per heavy atom. The van der Waals surface area contributed by atoms with Gasteiger partial charge in [-0.2, -0.15) is 0 Å². The summed E-state index contributed by atoms with van der Waals surface area (Å²) in [7, 11) is 2.34. The Bertz CT molecular complexity index is 812. The minimum Gasteiger partial charge on any atom is -0.469 e. The van der Waals surface area contributed by atoms with Crippen molar-refractivity contribution in [2.45, 2.75) is 75.7 Å². The number of hydrogen-bond donors (Lipinski definition) is 2. The third-order valence-corrected chi connectivity index (χ3v) is 7.49. The van der Waals surface area contributed by atoms with Crippen LogP contribution >= 0.6 is 23.5 Å². The van der Waals surface area contributed by atoms with Crippen molar-refractivity contribution >= 4 is 59.3 Å². The first-order valence-corrected chi connectivity index (χ1v) is 13.5. The number of carbonyl (C=O) groups is 6. The van der Waals surface area contributed by atoms with Crippen molar-refractivity contribution in [2.75, 3.05) is 25.7 Å². The minimum absolute atomic E-state index is 0.00489. The maximum Gasteiger partial charge on any atom is 0.408 e. The van der Waals surface area contributed by atoms with Gasteiger partial charge in [0.2, 0.25) is 11.8 Å². The lowest BCUT2D eigenvalue weighted by Crippen LogP contribution is -2.46. The Hall–Kier alpha value is -2.48. The first kappa shape index (κ1) is 32.5. The third kappa shape index (κ3) is 11.6. The van der Waals surface area contributed by atoms with Gasteiger partial charge in [-0.15, -0.1) is 23.5 Å². The monoisotopic (exact) mass is 564 g/mol. The maximum atomic E-state index is 12.5. The van der Waals surface area contributed by atoms with E-state index in [-0.39, 0.29) is 17.9 Å². The Morgan fingerprint density at radius 3 is 1.78 bits per heavy atom. The normalized spacial score (nSPS) is 19.4. The van der Waals surface area contributed by atoms with Crippen LogP contribution in [0.1, 0.15) is 48.0 Å². The molecule has 1 heterocycles. The van der Waals surface area contributed by atoms with Crippen LogP contribution in [0.5, 0.6) is 0 Å². The number of amides is 3. The molecule has 1 saturated heterocycles. The molecule has 1 fully saturated rings. The molecule has 0 bridgehead atoms. The van der Waals surface area contributed by atoms with Gasteiger partial charge >= 0.3 is 24.0 Å². The zero-order valence-electron chi connectivity index (χ0n) is 22.3. The number of esters is 3. The quantitative estimate of drug-likeness (QED) is 0.211. The molecule has 1 aliphatic rings. The summed E-state index contributed by atoms with van der Waals surface area (Å²) in [5, 5.41) is 2.81. The van der Waals surface area contributed by atoms with Crippen LogP contribution in [0, 0.1) is 5.92 Å². The Labute approximate surface area is 225 Å². The molecule has 1 aliphatic heterocycles. The summed E-state index contributed by atoms with van der Waals surface area (Å²) in [6, 6.07) is -1.14. The van der Waals surface area contributed by atoms with Gasteiger partial charge in [-0.25, -0.2) is 9.59 Å². The molecule has 1 unspecified atom stereocenters. The van der Waals surface area contributed by atoms with E-state index in [1.54, 1.807) is 41.5 Å². The van der Waals surface area contributed by atoms with E-state index in [1.165, 1.54) is 7.11 Å². The lowest BCUT2D eigenvalue weighted by Gasteiger charge is -2.24. The van der Waals surface area contributed by atoms with Crippen molar-refractivity contribution in [3.8, 4) is 0 Å². The van der Waals surface area contributed by atoms with Crippen molar-refractivity contribution in [1.29, 1.82) is 0 Å². The van der Waals surface area contributed by atoms with E-state index in [0.29, 0.717) is 0 Å². The van der Waals surface area contributed by atoms with Crippen molar-refractivity contribution in [2.24, 2.45) is 5.92 Å². The summed E-state index contributed by atoms with van der Waals surface area (Å²) in [5.74, 6) is -4.14. The molecular formula is C23H36N2O10S2. The number of thioether (sulfide) groups is 2. The highest BCUT2D eigenvalue weighted by Gasteiger charge is 2.44. The van der Waals surface area contributed by atoms with Crippen LogP contribution in [0.2, 0.25) is 0 Å². The summed E-state index contributed by atoms with van der Waals surface area (Å²) in [5.41, 5.74) is -1.54. The fourth-order valence-electron chi connectivity index (χ4n) is 3.01. The fraction of sp³-hybridized carbons (Fsp3) is 0.739. The van der Waals surface area contributed by atoms with Gasteiger partial charge in [-0.3, -0.25) is 24.5 Å². The molecule has 4 atom stereocenters. The summed E-state index contributed by atoms with van der Waals surface area (Å²) in [6.07, 6.45) is -1.11. The van der Waals surface area contributed by atoms with Gasteiger partial charge in [0, 0.05) is 11.5 Å². The molecule has 0 aromatic carbocycles. The Balaban J connectivity index is 2.90. The molecule has 0 radical (unpaired) electrons. The largest absolute Gasteiger partial charge is 0.469 e. The predicted molar refractivity (Wildman–Crippen MR) is 137 cm³/mol. The molecule has 0 aliphatic carbocycles. The summed E-state index contributed by atoms with van der Waals surface area (Å²) in [4.78, 5) is 73.8. The van der Waals surface area contributed by atoms with E-state index in [2.05, 4.69) is 10.6 Å². The lowest BCUT2D eigenvalue weighted by atomic mass is 10.1. The van der Waals surface area contributed by atoms with Crippen LogP contribution in [0.15, 0.2) is 0 Å². The van der Waals surface area contributed by atoms with Crippen LogP contribution in [0.4, 0.5) is 4.79 Å². The molecular weight excluding hydrogens is 528 g/mol. The molecule has 210 valence electrons. The van der Waals surface area contributed by atoms with Crippen molar-refractivity contribution in [3.05, 3.63) is 0 Å². The van der Waals surface area contributed by atoms with Gasteiger partial charge in [0.05, 0.1) is 26.6 Å². The zero-order valence-corrected chi connectivity index (χ0v) is 24.0. The van der Waals surface area contributed by atoms with Crippen molar-refractivity contribution in [3.63, 3.8) is 0 Å². The first-order chi connectivity index (χ1) is 17.0. The number of methoxy groups -OCH3 is 2. The highest BCUT2D eigenvalue weighted by molar-refractivity contribution is 8.04. The molecule has 14 heteroatoms. The van der Waals surface area contributed by atoms with E-state index < -0.39 is 69.5 Å². The highest BCUT2D eigenvalue weighted by atomic mass is 32.2. The molecule has 0 spiro atoms. The number of alkyl carbamates (subject to hydrolysis) is 1. The summed E-state index contributed by atoms with van der Waals surface area (Å²) >= 11 is 1.98. The Kier molecular flexibility index (Phi) is 12.2. The van der Waals surface area contributed by atoms with Gasteiger partial charge in [0.25, 0.3) is 0 Å². The molecule has 12 nitrogen and oxygen atoms in total. The minimum atomic E-state index is -1.14. The van der Waals surface area contributed by atoms with Gasteiger partial charge in [0.15, 0.2) is 0 Å². The van der Waals surface area contributed by atoms with Crippen molar-refractivity contribution < 1.29 is 47.7 Å². The van der Waals surface area contributed by atoms with Crippen LogP contribution in [0.25, 0.3) is 0 Å². The second-order valence-electron chi connectivity index (χ2n) is 10.1. The standard InChI is InChI=1S/C23H36N2O10S2/c1-22(2,3)34-14(26)9-12(19(29)32-7)10-36-15-16(18(28)25-17(15)27)37-11-13(20(30)33-8)24-21(31)35-23(4,5)6/h12-13,15-16H,9-11H2,1-8H3,(H,24,31)(H,25,27,28)/t12-,13-,15-,16?/m0/s1. The number of nitrogens with one attached hydrogen (secondary N) is 2. The van der Waals surface area contributed by atoms with E-state index in [4.69, 9.17) is 18.9 Å². The summed E-state index contributed by atoms with van der Waals surface area (Å²) in [6.45, 7) is 10.1. The van der Waals surface area contributed by atoms with Gasteiger partial charge in [-0.05, 0) is 41.5 Å². The van der Waals surface area contributed by atoms with E-state index in [1.807, 2.05) is 0 Å². The average molecular weight is 565 g/mol. The van der Waals surface area contributed by atoms with E-state index >= 15 is 0 Å². The van der Waals surface area contributed by atoms with Gasteiger partial charge in [0.1, 0.15) is 27.7 Å². The highest BCUT2D eigenvalue weighted by Crippen LogP contribution is 2.32. The zero-order chi connectivity index (χ0) is 28.6. The lowest BCUT2D eigenvalue weighted by molar-refractivity contribution is -0.160. The predicted octanol–water partition coefficient (Wildman–Crippen LogP) is 1.43. The van der Waals surface area contributed by atoms with Crippen LogP contribution in [-0.2, 0) is 42.9 Å². The molecule has 3 amide bonds. The third-order valence-electron chi connectivity index (χ3n) is 4.50. The number of rotatable bonds is 11. The number of imide groups is 1. The van der Waals surface area contributed by atoms with Crippen molar-refractivity contribution in [1.82, 2.24) is 10.6 Å². The second-order valence-corrected chi connectivity index (χ2v) is 12.4. The molecule has 0 aromatic rings. The maximum absolute atomic E-state index is 12.5. The van der Waals surface area contributed by atoms with E-state index in [0.717, 1.165) is 30.6 Å². The number of hydrogen-bond acceptors (Lipinski definition) is 12.